The summed E-state index contributed by atoms with van der Waals surface area (Å²) in [4.78, 5) is 6.90. The summed E-state index contributed by atoms with van der Waals surface area (Å²) in [6.45, 7) is 0.676. The molecule has 4 aromatic rings. The van der Waals surface area contributed by atoms with E-state index in [4.69, 9.17) is 17.0 Å². The van der Waals surface area contributed by atoms with E-state index in [1.165, 1.54) is 0 Å². The van der Waals surface area contributed by atoms with Crippen LogP contribution in [0.5, 0.6) is 5.75 Å². The number of nitrogens with zero attached hydrogens (tertiary/aromatic N) is 3. The van der Waals surface area contributed by atoms with E-state index < -0.39 is 0 Å². The van der Waals surface area contributed by atoms with Gasteiger partial charge in [-0.15, -0.1) is 0 Å². The van der Waals surface area contributed by atoms with E-state index in [2.05, 4.69) is 96.5 Å². The minimum Gasteiger partial charge on any atom is -0.497 e. The number of benzene rings is 2. The second-order valence-corrected chi connectivity index (χ2v) is 9.18. The highest BCUT2D eigenvalue weighted by atomic mass is 79.9. The molecule has 0 bridgehead atoms. The van der Waals surface area contributed by atoms with Crippen LogP contribution in [0.15, 0.2) is 95.7 Å². The number of halogens is 1. The van der Waals surface area contributed by atoms with Crippen LogP contribution in [-0.4, -0.2) is 26.7 Å². The molecular weight excluding hydrogens is 496 g/mol. The lowest BCUT2D eigenvalue weighted by molar-refractivity contribution is 0.302. The second kappa shape index (κ2) is 9.37. The van der Waals surface area contributed by atoms with E-state index in [0.29, 0.717) is 6.54 Å². The van der Waals surface area contributed by atoms with Crippen molar-refractivity contribution < 1.29 is 4.74 Å². The normalized spacial score (nSPS) is 17.8. The molecule has 5 nitrogen and oxygen atoms in total. The van der Waals surface area contributed by atoms with Gasteiger partial charge in [0, 0.05) is 34.8 Å². The molecular formula is C26H23BrN4OS. The van der Waals surface area contributed by atoms with Crippen LogP contribution in [0.4, 0.5) is 0 Å². The van der Waals surface area contributed by atoms with Gasteiger partial charge in [0.2, 0.25) is 0 Å². The van der Waals surface area contributed by atoms with E-state index in [1.54, 1.807) is 7.11 Å². The Labute approximate surface area is 207 Å². The summed E-state index contributed by atoms with van der Waals surface area (Å²) in [5.74, 6) is 0.841. The second-order valence-electron chi connectivity index (χ2n) is 7.88. The molecule has 0 spiro atoms. The van der Waals surface area contributed by atoms with Crippen LogP contribution in [0, 0.1) is 0 Å². The van der Waals surface area contributed by atoms with Gasteiger partial charge in [-0.1, -0.05) is 34.1 Å². The molecule has 7 heteroatoms. The first-order chi connectivity index (χ1) is 16.1. The summed E-state index contributed by atoms with van der Waals surface area (Å²) >= 11 is 9.38. The van der Waals surface area contributed by atoms with Crippen molar-refractivity contribution in [1.29, 1.82) is 0 Å². The fourth-order valence-electron chi connectivity index (χ4n) is 4.30. The molecule has 0 radical (unpaired) electrons. The van der Waals surface area contributed by atoms with Crippen molar-refractivity contribution in [3.05, 3.63) is 113 Å². The molecule has 1 fully saturated rings. The van der Waals surface area contributed by atoms with Gasteiger partial charge in [-0.25, -0.2) is 0 Å². The van der Waals surface area contributed by atoms with Crippen LogP contribution in [-0.2, 0) is 6.54 Å². The molecule has 0 saturated carbocycles. The molecule has 5 rings (SSSR count). The average molecular weight is 519 g/mol. The van der Waals surface area contributed by atoms with Gasteiger partial charge in [0.1, 0.15) is 5.75 Å². The maximum atomic E-state index is 5.84. The molecule has 0 unspecified atom stereocenters. The molecule has 0 aliphatic carbocycles. The van der Waals surface area contributed by atoms with Gasteiger partial charge < -0.3 is 19.5 Å². The van der Waals surface area contributed by atoms with Crippen LogP contribution in [0.2, 0.25) is 0 Å². The smallest absolute Gasteiger partial charge is 0.170 e. The summed E-state index contributed by atoms with van der Waals surface area (Å²) in [5.41, 5.74) is 4.37. The Morgan fingerprint density at radius 3 is 2.48 bits per heavy atom. The molecule has 2 aromatic heterocycles. The first kappa shape index (κ1) is 21.7. The minimum atomic E-state index is -0.0685. The summed E-state index contributed by atoms with van der Waals surface area (Å²) < 4.78 is 8.60. The number of ether oxygens (including phenoxy) is 1. The van der Waals surface area contributed by atoms with Crippen LogP contribution >= 0.6 is 28.1 Å². The Morgan fingerprint density at radius 2 is 1.79 bits per heavy atom. The number of thiocarbonyl (C=S) groups is 1. The van der Waals surface area contributed by atoms with E-state index in [0.717, 1.165) is 38.0 Å². The third kappa shape index (κ3) is 4.38. The fourth-order valence-corrected chi connectivity index (χ4v) is 4.87. The zero-order valence-electron chi connectivity index (χ0n) is 18.1. The van der Waals surface area contributed by atoms with Crippen molar-refractivity contribution >= 4 is 33.3 Å². The molecule has 2 atom stereocenters. The summed E-state index contributed by atoms with van der Waals surface area (Å²) in [5, 5.41) is 4.26. The third-order valence-corrected chi connectivity index (χ3v) is 6.78. The lowest BCUT2D eigenvalue weighted by Gasteiger charge is -2.29. The van der Waals surface area contributed by atoms with E-state index in [9.17, 15) is 0 Å². The van der Waals surface area contributed by atoms with Gasteiger partial charge in [0.25, 0.3) is 0 Å². The summed E-state index contributed by atoms with van der Waals surface area (Å²) in [6, 6.07) is 26.6. The highest BCUT2D eigenvalue weighted by Crippen LogP contribution is 2.40. The van der Waals surface area contributed by atoms with Crippen LogP contribution in [0.1, 0.15) is 29.0 Å². The maximum absolute atomic E-state index is 5.84. The lowest BCUT2D eigenvalue weighted by atomic mass is 10.0. The van der Waals surface area contributed by atoms with Crippen LogP contribution in [0.3, 0.4) is 0 Å². The predicted octanol–water partition coefficient (Wildman–Crippen LogP) is 5.82. The predicted molar refractivity (Wildman–Crippen MR) is 137 cm³/mol. The van der Waals surface area contributed by atoms with Crippen molar-refractivity contribution in [3.63, 3.8) is 0 Å². The highest BCUT2D eigenvalue weighted by Gasteiger charge is 2.41. The quantitative estimate of drug-likeness (QED) is 0.326. The Bertz CT molecular complexity index is 1240. The largest absolute Gasteiger partial charge is 0.497 e. The van der Waals surface area contributed by atoms with Crippen molar-refractivity contribution in [1.82, 2.24) is 19.8 Å². The van der Waals surface area contributed by atoms with Crippen molar-refractivity contribution in [2.45, 2.75) is 18.6 Å². The van der Waals surface area contributed by atoms with Crippen molar-refractivity contribution in [2.75, 3.05) is 7.11 Å². The molecule has 0 amide bonds. The Kier molecular flexibility index (Phi) is 6.15. The number of hydrogen-bond acceptors (Lipinski definition) is 3. The Hall–Kier alpha value is -3.16. The third-order valence-electron chi connectivity index (χ3n) is 5.90. The van der Waals surface area contributed by atoms with Crippen molar-refractivity contribution in [3.8, 4) is 11.4 Å². The standard InChI is InChI=1S/C26H23BrN4OS/c1-32-21-13-7-18(8-14-21)17-31-25(24(29-26(31)33)22-5-2-3-15-28-22)23-6-4-16-30(23)20-11-9-19(27)10-12-20/h2-16,24-25H,17H2,1H3,(H,29,33)/t24-,25+/m1/s1. The number of hydrogen-bond donors (Lipinski definition) is 1. The van der Waals surface area contributed by atoms with E-state index in [1.807, 2.05) is 30.5 Å². The number of methoxy groups -OCH3 is 1. The number of aromatic nitrogens is 2. The molecule has 33 heavy (non-hydrogen) atoms. The Morgan fingerprint density at radius 1 is 1.00 bits per heavy atom. The van der Waals surface area contributed by atoms with Crippen LogP contribution < -0.4 is 10.1 Å². The first-order valence-corrected chi connectivity index (χ1v) is 11.9. The molecule has 3 heterocycles. The zero-order chi connectivity index (χ0) is 22.8. The molecule has 1 N–H and O–H groups in total. The molecule has 1 aliphatic rings. The van der Waals surface area contributed by atoms with Gasteiger partial charge in [-0.3, -0.25) is 4.98 Å². The monoisotopic (exact) mass is 518 g/mol. The highest BCUT2D eigenvalue weighted by molar-refractivity contribution is 9.10. The molecule has 166 valence electrons. The van der Waals surface area contributed by atoms with E-state index in [-0.39, 0.29) is 12.1 Å². The van der Waals surface area contributed by atoms with Gasteiger partial charge in [0.15, 0.2) is 5.11 Å². The lowest BCUT2D eigenvalue weighted by Crippen LogP contribution is -2.30. The topological polar surface area (TPSA) is 42.3 Å². The number of rotatable bonds is 6. The minimum absolute atomic E-state index is 0.0341. The van der Waals surface area contributed by atoms with Gasteiger partial charge in [-0.05, 0) is 78.4 Å². The summed E-state index contributed by atoms with van der Waals surface area (Å²) in [6.07, 6.45) is 3.93. The first-order valence-electron chi connectivity index (χ1n) is 10.7. The SMILES string of the molecule is COc1ccc(CN2C(=S)N[C@H](c3ccccn3)[C@@H]2c2cccn2-c2ccc(Br)cc2)cc1. The number of nitrogens with one attached hydrogen (secondary N) is 1. The maximum Gasteiger partial charge on any atom is 0.170 e. The Balaban J connectivity index is 1.57. The average Bonchev–Trinajstić information content (AvgIpc) is 3.45. The molecule has 1 saturated heterocycles. The summed E-state index contributed by atoms with van der Waals surface area (Å²) in [7, 11) is 1.68. The number of pyridine rings is 1. The van der Waals surface area contributed by atoms with Gasteiger partial charge in [-0.2, -0.15) is 0 Å². The van der Waals surface area contributed by atoms with Gasteiger partial charge in [0.05, 0.1) is 24.9 Å². The zero-order valence-corrected chi connectivity index (χ0v) is 20.5. The van der Waals surface area contributed by atoms with Gasteiger partial charge >= 0.3 is 0 Å². The van der Waals surface area contributed by atoms with Crippen LogP contribution in [0.25, 0.3) is 5.69 Å². The molecule has 1 aliphatic heterocycles. The van der Waals surface area contributed by atoms with E-state index >= 15 is 0 Å². The fraction of sp³-hybridized carbons (Fsp3) is 0.154. The molecule has 2 aromatic carbocycles. The van der Waals surface area contributed by atoms with Crippen molar-refractivity contribution in [2.24, 2.45) is 0 Å².